The summed E-state index contributed by atoms with van der Waals surface area (Å²) in [6.45, 7) is 4.47. The minimum absolute atomic E-state index is 0.631. The largest absolute Gasteiger partial charge is 0.495 e. The molecular weight excluding hydrogens is 302 g/mol. The van der Waals surface area contributed by atoms with E-state index in [0.29, 0.717) is 10.8 Å². The van der Waals surface area contributed by atoms with Gasteiger partial charge in [-0.15, -0.1) is 18.3 Å². The van der Waals surface area contributed by atoms with Crippen molar-refractivity contribution in [2.45, 2.75) is 11.4 Å². The lowest BCUT2D eigenvalue weighted by atomic mass is 10.2. The first-order valence-electron chi connectivity index (χ1n) is 6.63. The average Bonchev–Trinajstić information content (AvgIpc) is 2.52. The second-order valence-corrected chi connectivity index (χ2v) is 5.89. The Morgan fingerprint density at radius 2 is 2.10 bits per heavy atom. The SMILES string of the molecule is C=CCSc1ccccc1NCc1ccc(OC)c(Cl)c1. The minimum atomic E-state index is 0.631. The summed E-state index contributed by atoms with van der Waals surface area (Å²) in [6.07, 6.45) is 1.91. The number of thioether (sulfide) groups is 1. The molecule has 0 fully saturated rings. The van der Waals surface area contributed by atoms with E-state index in [4.69, 9.17) is 16.3 Å². The highest BCUT2D eigenvalue weighted by molar-refractivity contribution is 7.99. The van der Waals surface area contributed by atoms with Gasteiger partial charge in [-0.05, 0) is 29.8 Å². The van der Waals surface area contributed by atoms with Crippen molar-refractivity contribution in [1.29, 1.82) is 0 Å². The Balaban J connectivity index is 2.05. The lowest BCUT2D eigenvalue weighted by Gasteiger charge is -2.12. The van der Waals surface area contributed by atoms with Gasteiger partial charge in [-0.2, -0.15) is 0 Å². The minimum Gasteiger partial charge on any atom is -0.495 e. The highest BCUT2D eigenvalue weighted by Gasteiger charge is 2.04. The number of anilines is 1. The van der Waals surface area contributed by atoms with Crippen LogP contribution < -0.4 is 10.1 Å². The van der Waals surface area contributed by atoms with Gasteiger partial charge in [0.05, 0.1) is 12.1 Å². The highest BCUT2D eigenvalue weighted by atomic mass is 35.5. The van der Waals surface area contributed by atoms with Crippen LogP contribution in [-0.4, -0.2) is 12.9 Å². The van der Waals surface area contributed by atoms with Crippen LogP contribution in [0.15, 0.2) is 60.0 Å². The van der Waals surface area contributed by atoms with Gasteiger partial charge in [-0.3, -0.25) is 0 Å². The van der Waals surface area contributed by atoms with Crippen molar-refractivity contribution in [3.8, 4) is 5.75 Å². The van der Waals surface area contributed by atoms with Gasteiger partial charge in [0.15, 0.2) is 0 Å². The molecule has 0 aromatic heterocycles. The number of rotatable bonds is 7. The first-order chi connectivity index (χ1) is 10.2. The molecule has 0 radical (unpaired) electrons. The summed E-state index contributed by atoms with van der Waals surface area (Å²) in [4.78, 5) is 1.22. The van der Waals surface area contributed by atoms with Gasteiger partial charge in [-0.1, -0.05) is 35.9 Å². The molecule has 0 saturated carbocycles. The monoisotopic (exact) mass is 319 g/mol. The van der Waals surface area contributed by atoms with Crippen LogP contribution in [0.4, 0.5) is 5.69 Å². The van der Waals surface area contributed by atoms with Crippen LogP contribution in [0.5, 0.6) is 5.75 Å². The van der Waals surface area contributed by atoms with Crippen molar-refractivity contribution < 1.29 is 4.74 Å². The molecule has 1 N–H and O–H groups in total. The smallest absolute Gasteiger partial charge is 0.137 e. The van der Waals surface area contributed by atoms with E-state index in [1.807, 2.05) is 36.4 Å². The highest BCUT2D eigenvalue weighted by Crippen LogP contribution is 2.28. The zero-order chi connectivity index (χ0) is 15.1. The molecule has 0 aliphatic carbocycles. The molecule has 0 saturated heterocycles. The van der Waals surface area contributed by atoms with E-state index in [-0.39, 0.29) is 0 Å². The van der Waals surface area contributed by atoms with Gasteiger partial charge in [0.25, 0.3) is 0 Å². The van der Waals surface area contributed by atoms with Crippen molar-refractivity contribution >= 4 is 29.1 Å². The molecule has 2 aromatic rings. The molecule has 2 rings (SSSR count). The van der Waals surface area contributed by atoms with Crippen LogP contribution in [0.25, 0.3) is 0 Å². The molecule has 0 bridgehead atoms. The maximum absolute atomic E-state index is 6.14. The van der Waals surface area contributed by atoms with Crippen LogP contribution in [0.2, 0.25) is 5.02 Å². The number of hydrogen-bond donors (Lipinski definition) is 1. The van der Waals surface area contributed by atoms with E-state index in [9.17, 15) is 0 Å². The average molecular weight is 320 g/mol. The second kappa shape index (κ2) is 8.01. The third-order valence-corrected chi connectivity index (χ3v) is 4.31. The predicted molar refractivity (Wildman–Crippen MR) is 92.7 cm³/mol. The fourth-order valence-electron chi connectivity index (χ4n) is 1.90. The number of hydrogen-bond acceptors (Lipinski definition) is 3. The molecule has 4 heteroatoms. The van der Waals surface area contributed by atoms with Gasteiger partial charge < -0.3 is 10.1 Å². The molecule has 0 heterocycles. The van der Waals surface area contributed by atoms with E-state index in [2.05, 4.69) is 24.0 Å². The van der Waals surface area contributed by atoms with Crippen molar-refractivity contribution in [2.24, 2.45) is 0 Å². The Hall–Kier alpha value is -1.58. The topological polar surface area (TPSA) is 21.3 Å². The Bertz CT molecular complexity index is 615. The van der Waals surface area contributed by atoms with Crippen molar-refractivity contribution in [3.63, 3.8) is 0 Å². The van der Waals surface area contributed by atoms with Crippen LogP contribution in [0.1, 0.15) is 5.56 Å². The van der Waals surface area contributed by atoms with E-state index < -0.39 is 0 Å². The molecule has 0 aliphatic heterocycles. The van der Waals surface area contributed by atoms with Gasteiger partial charge >= 0.3 is 0 Å². The molecule has 0 amide bonds. The quantitative estimate of drug-likeness (QED) is 0.557. The van der Waals surface area contributed by atoms with Crippen LogP contribution in [0, 0.1) is 0 Å². The van der Waals surface area contributed by atoms with E-state index in [1.54, 1.807) is 18.9 Å². The number of para-hydroxylation sites is 1. The third kappa shape index (κ3) is 4.45. The van der Waals surface area contributed by atoms with Crippen molar-refractivity contribution in [2.75, 3.05) is 18.2 Å². The zero-order valence-corrected chi connectivity index (χ0v) is 13.5. The summed E-state index contributed by atoms with van der Waals surface area (Å²) in [6, 6.07) is 14.1. The molecule has 0 atom stereocenters. The Kier molecular flexibility index (Phi) is 6.03. The number of ether oxygens (including phenoxy) is 1. The van der Waals surface area contributed by atoms with E-state index in [1.165, 1.54) is 4.90 Å². The predicted octanol–water partition coefficient (Wildman–Crippen LogP) is 5.24. The van der Waals surface area contributed by atoms with Gasteiger partial charge in [0.1, 0.15) is 5.75 Å². The van der Waals surface area contributed by atoms with Crippen LogP contribution in [-0.2, 0) is 6.54 Å². The molecule has 2 nitrogen and oxygen atoms in total. The Labute approximate surface area is 135 Å². The summed E-state index contributed by atoms with van der Waals surface area (Å²) in [5.41, 5.74) is 2.24. The van der Waals surface area contributed by atoms with Crippen LogP contribution in [0.3, 0.4) is 0 Å². The van der Waals surface area contributed by atoms with E-state index in [0.717, 1.165) is 23.5 Å². The molecule has 0 unspecified atom stereocenters. The van der Waals surface area contributed by atoms with Crippen molar-refractivity contribution in [1.82, 2.24) is 0 Å². The van der Waals surface area contributed by atoms with Gasteiger partial charge in [0.2, 0.25) is 0 Å². The Morgan fingerprint density at radius 3 is 2.81 bits per heavy atom. The molecule has 21 heavy (non-hydrogen) atoms. The maximum atomic E-state index is 6.14. The lowest BCUT2D eigenvalue weighted by molar-refractivity contribution is 0.415. The summed E-state index contributed by atoms with van der Waals surface area (Å²) in [7, 11) is 1.62. The maximum Gasteiger partial charge on any atom is 0.137 e. The summed E-state index contributed by atoms with van der Waals surface area (Å²) >= 11 is 7.91. The third-order valence-electron chi connectivity index (χ3n) is 2.94. The standard InChI is InChI=1S/C17H18ClNOS/c1-3-10-21-17-7-5-4-6-15(17)19-12-13-8-9-16(20-2)14(18)11-13/h3-9,11,19H,1,10,12H2,2H3. The Morgan fingerprint density at radius 1 is 1.29 bits per heavy atom. The fourth-order valence-corrected chi connectivity index (χ4v) is 2.95. The first kappa shape index (κ1) is 15.8. The first-order valence-corrected chi connectivity index (χ1v) is 8.00. The summed E-state index contributed by atoms with van der Waals surface area (Å²) in [5, 5.41) is 4.08. The molecule has 0 spiro atoms. The van der Waals surface area contributed by atoms with Crippen molar-refractivity contribution in [3.05, 3.63) is 65.7 Å². The molecule has 110 valence electrons. The fraction of sp³-hybridized carbons (Fsp3) is 0.176. The zero-order valence-electron chi connectivity index (χ0n) is 11.9. The number of methoxy groups -OCH3 is 1. The number of benzene rings is 2. The van der Waals surface area contributed by atoms with Gasteiger partial charge in [-0.25, -0.2) is 0 Å². The van der Waals surface area contributed by atoms with E-state index >= 15 is 0 Å². The molecular formula is C17H18ClNOS. The molecule has 2 aromatic carbocycles. The summed E-state index contributed by atoms with van der Waals surface area (Å²) in [5.74, 6) is 1.59. The second-order valence-electron chi connectivity index (χ2n) is 4.42. The van der Waals surface area contributed by atoms with Crippen LogP contribution >= 0.6 is 23.4 Å². The number of nitrogens with one attached hydrogen (secondary N) is 1. The normalized spacial score (nSPS) is 10.2. The lowest BCUT2D eigenvalue weighted by Crippen LogP contribution is -2.01. The number of halogens is 1. The van der Waals surface area contributed by atoms with Gasteiger partial charge in [0, 0.05) is 22.9 Å². The summed E-state index contributed by atoms with van der Waals surface area (Å²) < 4.78 is 5.16. The molecule has 0 aliphatic rings.